The lowest BCUT2D eigenvalue weighted by atomic mass is 10.4. The predicted octanol–water partition coefficient (Wildman–Crippen LogP) is 1.16. The van der Waals surface area contributed by atoms with E-state index in [1.165, 1.54) is 0 Å². The summed E-state index contributed by atoms with van der Waals surface area (Å²) >= 11 is 7.39. The van der Waals surface area contributed by atoms with E-state index in [2.05, 4.69) is 20.8 Å². The van der Waals surface area contributed by atoms with Crippen LogP contribution in [-0.2, 0) is 13.1 Å². The molecule has 2 rings (SSSR count). The Labute approximate surface area is 96.1 Å². The van der Waals surface area contributed by atoms with Crippen molar-refractivity contribution in [2.24, 2.45) is 0 Å². The van der Waals surface area contributed by atoms with Gasteiger partial charge in [0.05, 0.1) is 17.4 Å². The summed E-state index contributed by atoms with van der Waals surface area (Å²) in [5, 5.41) is 14.5. The molecule has 1 N–H and O–H groups in total. The zero-order valence-electron chi connectivity index (χ0n) is 8.14. The summed E-state index contributed by atoms with van der Waals surface area (Å²) in [5.74, 6) is 0.821. The fourth-order valence-electron chi connectivity index (χ4n) is 1.22. The van der Waals surface area contributed by atoms with E-state index >= 15 is 0 Å². The summed E-state index contributed by atoms with van der Waals surface area (Å²) in [5.41, 5.74) is 0. The monoisotopic (exact) mass is 243 g/mol. The van der Waals surface area contributed by atoms with Gasteiger partial charge in [-0.25, -0.2) is 4.68 Å². The molecular formula is C8H10ClN5S. The maximum Gasteiger partial charge on any atom is 0.165 e. The zero-order valence-corrected chi connectivity index (χ0v) is 9.72. The molecule has 0 saturated heterocycles. The van der Waals surface area contributed by atoms with Crippen molar-refractivity contribution in [2.75, 3.05) is 7.05 Å². The van der Waals surface area contributed by atoms with Crippen LogP contribution in [0.5, 0.6) is 0 Å². The van der Waals surface area contributed by atoms with Crippen molar-refractivity contribution in [2.45, 2.75) is 13.1 Å². The van der Waals surface area contributed by atoms with Gasteiger partial charge in [-0.15, -0.1) is 16.4 Å². The highest BCUT2D eigenvalue weighted by Crippen LogP contribution is 2.21. The number of hydrogen-bond acceptors (Lipinski definition) is 5. The number of hydrogen-bond donors (Lipinski definition) is 1. The average Bonchev–Trinajstić information content (AvgIpc) is 2.78. The Morgan fingerprint density at radius 1 is 1.53 bits per heavy atom. The summed E-state index contributed by atoms with van der Waals surface area (Å²) < 4.78 is 2.55. The van der Waals surface area contributed by atoms with Crippen molar-refractivity contribution in [3.8, 4) is 0 Å². The Kier molecular flexibility index (Phi) is 3.30. The van der Waals surface area contributed by atoms with Gasteiger partial charge < -0.3 is 5.32 Å². The lowest BCUT2D eigenvalue weighted by Gasteiger charge is -2.01. The third-order valence-electron chi connectivity index (χ3n) is 1.88. The van der Waals surface area contributed by atoms with E-state index in [1.807, 2.05) is 19.2 Å². The van der Waals surface area contributed by atoms with E-state index in [9.17, 15) is 0 Å². The van der Waals surface area contributed by atoms with Crippen LogP contribution in [0.3, 0.4) is 0 Å². The first-order valence-electron chi connectivity index (χ1n) is 4.43. The summed E-state index contributed by atoms with van der Waals surface area (Å²) in [7, 11) is 1.86. The summed E-state index contributed by atoms with van der Waals surface area (Å²) in [4.78, 5) is 1.14. The van der Waals surface area contributed by atoms with Crippen molar-refractivity contribution in [1.82, 2.24) is 25.5 Å². The minimum Gasteiger partial charge on any atom is -0.313 e. The number of nitrogens with zero attached hydrogens (tertiary/aromatic N) is 4. The molecule has 0 bridgehead atoms. The largest absolute Gasteiger partial charge is 0.313 e. The van der Waals surface area contributed by atoms with Crippen LogP contribution in [0.2, 0.25) is 4.34 Å². The van der Waals surface area contributed by atoms with E-state index in [0.29, 0.717) is 13.1 Å². The molecule has 0 aromatic carbocycles. The van der Waals surface area contributed by atoms with Crippen LogP contribution in [0, 0.1) is 0 Å². The molecular weight excluding hydrogens is 234 g/mol. The lowest BCUT2D eigenvalue weighted by Crippen LogP contribution is -2.13. The van der Waals surface area contributed by atoms with Crippen LogP contribution < -0.4 is 5.32 Å². The fraction of sp³-hybridized carbons (Fsp3) is 0.375. The van der Waals surface area contributed by atoms with Gasteiger partial charge in [-0.05, 0) is 29.6 Å². The molecule has 15 heavy (non-hydrogen) atoms. The van der Waals surface area contributed by atoms with Crippen LogP contribution in [0.15, 0.2) is 12.1 Å². The van der Waals surface area contributed by atoms with Crippen molar-refractivity contribution in [3.05, 3.63) is 27.2 Å². The Hall–Kier alpha value is -0.980. The van der Waals surface area contributed by atoms with Crippen LogP contribution in [0.4, 0.5) is 0 Å². The molecule has 0 fully saturated rings. The normalized spacial score (nSPS) is 10.8. The van der Waals surface area contributed by atoms with Crippen molar-refractivity contribution < 1.29 is 0 Å². The van der Waals surface area contributed by atoms with Crippen molar-refractivity contribution in [3.63, 3.8) is 0 Å². The van der Waals surface area contributed by atoms with E-state index in [-0.39, 0.29) is 0 Å². The predicted molar refractivity (Wildman–Crippen MR) is 59.0 cm³/mol. The van der Waals surface area contributed by atoms with Gasteiger partial charge >= 0.3 is 0 Å². The van der Waals surface area contributed by atoms with Crippen LogP contribution in [0.1, 0.15) is 10.7 Å². The number of tetrazole rings is 1. The van der Waals surface area contributed by atoms with E-state index in [4.69, 9.17) is 11.6 Å². The Morgan fingerprint density at radius 3 is 3.07 bits per heavy atom. The molecule has 2 aromatic rings. The third-order valence-corrected chi connectivity index (χ3v) is 3.09. The molecule has 80 valence electrons. The molecule has 0 unspecified atom stereocenters. The first-order valence-corrected chi connectivity index (χ1v) is 5.63. The van der Waals surface area contributed by atoms with Crippen molar-refractivity contribution in [1.29, 1.82) is 0 Å². The molecule has 0 spiro atoms. The second-order valence-corrected chi connectivity index (χ2v) is 4.79. The number of aromatic nitrogens is 4. The highest BCUT2D eigenvalue weighted by Gasteiger charge is 2.06. The first kappa shape index (κ1) is 10.5. The number of rotatable bonds is 4. The smallest absolute Gasteiger partial charge is 0.165 e. The van der Waals surface area contributed by atoms with Crippen LogP contribution >= 0.6 is 22.9 Å². The molecule has 2 heterocycles. The zero-order chi connectivity index (χ0) is 10.7. The molecule has 0 atom stereocenters. The minimum atomic E-state index is 0.659. The maximum atomic E-state index is 5.85. The van der Waals surface area contributed by atoms with Crippen molar-refractivity contribution >= 4 is 22.9 Å². The summed E-state index contributed by atoms with van der Waals surface area (Å²) in [6.45, 7) is 1.33. The summed E-state index contributed by atoms with van der Waals surface area (Å²) in [6.07, 6.45) is 0. The number of thiophene rings is 1. The second-order valence-electron chi connectivity index (χ2n) is 2.99. The topological polar surface area (TPSA) is 55.6 Å². The van der Waals surface area contributed by atoms with Gasteiger partial charge in [0.15, 0.2) is 5.82 Å². The molecule has 0 aliphatic rings. The SMILES string of the molecule is CNCc1nnnn1Cc1ccc(Cl)s1. The van der Waals surface area contributed by atoms with E-state index in [1.54, 1.807) is 16.0 Å². The fourth-order valence-corrected chi connectivity index (χ4v) is 2.28. The molecule has 2 aromatic heterocycles. The maximum absolute atomic E-state index is 5.85. The van der Waals surface area contributed by atoms with Gasteiger partial charge in [0, 0.05) is 4.88 Å². The van der Waals surface area contributed by atoms with E-state index < -0.39 is 0 Å². The number of halogens is 1. The van der Waals surface area contributed by atoms with Crippen LogP contribution in [0.25, 0.3) is 0 Å². The lowest BCUT2D eigenvalue weighted by molar-refractivity contribution is 0.605. The van der Waals surface area contributed by atoms with Gasteiger partial charge in [0.2, 0.25) is 0 Å². The summed E-state index contributed by atoms with van der Waals surface area (Å²) in [6, 6.07) is 3.86. The standard InChI is InChI=1S/C8H10ClN5S/c1-10-4-8-11-12-13-14(8)5-6-2-3-7(9)15-6/h2-3,10H,4-5H2,1H3. The molecule has 0 radical (unpaired) electrons. The van der Waals surface area contributed by atoms with Gasteiger partial charge in [0.1, 0.15) is 0 Å². The van der Waals surface area contributed by atoms with Gasteiger partial charge in [-0.2, -0.15) is 0 Å². The second kappa shape index (κ2) is 4.69. The average molecular weight is 244 g/mol. The van der Waals surface area contributed by atoms with Gasteiger partial charge in [-0.1, -0.05) is 11.6 Å². The quantitative estimate of drug-likeness (QED) is 0.876. The van der Waals surface area contributed by atoms with Gasteiger partial charge in [0.25, 0.3) is 0 Å². The minimum absolute atomic E-state index is 0.659. The molecule has 5 nitrogen and oxygen atoms in total. The Morgan fingerprint density at radius 2 is 2.40 bits per heavy atom. The molecule has 0 aliphatic heterocycles. The number of nitrogens with one attached hydrogen (secondary N) is 1. The Balaban J connectivity index is 2.13. The molecule has 7 heteroatoms. The highest BCUT2D eigenvalue weighted by atomic mass is 35.5. The van der Waals surface area contributed by atoms with E-state index in [0.717, 1.165) is 15.0 Å². The third kappa shape index (κ3) is 2.53. The van der Waals surface area contributed by atoms with Gasteiger partial charge in [-0.3, -0.25) is 0 Å². The molecule has 0 amide bonds. The first-order chi connectivity index (χ1) is 7.29. The Bertz CT molecular complexity index is 438. The molecule has 0 saturated carbocycles. The highest BCUT2D eigenvalue weighted by molar-refractivity contribution is 7.16. The molecule has 0 aliphatic carbocycles. The van der Waals surface area contributed by atoms with Crippen LogP contribution in [-0.4, -0.2) is 27.3 Å².